The summed E-state index contributed by atoms with van der Waals surface area (Å²) in [5.41, 5.74) is 1.78. The zero-order chi connectivity index (χ0) is 18.9. The highest BCUT2D eigenvalue weighted by Crippen LogP contribution is 2.15. The van der Waals surface area contributed by atoms with Gasteiger partial charge in [0.2, 0.25) is 0 Å². The largest absolute Gasteiger partial charge is 0.469 e. The Morgan fingerprint density at radius 3 is 2.38 bits per heavy atom. The van der Waals surface area contributed by atoms with Gasteiger partial charge >= 0.3 is 12.0 Å². The maximum atomic E-state index is 12.7. The summed E-state index contributed by atoms with van der Waals surface area (Å²) < 4.78 is 4.77. The summed E-state index contributed by atoms with van der Waals surface area (Å²) in [7, 11) is 1.35. The first-order valence-electron chi connectivity index (χ1n) is 8.43. The molecule has 1 N–H and O–H groups in total. The van der Waals surface area contributed by atoms with Gasteiger partial charge in [0.15, 0.2) is 0 Å². The van der Waals surface area contributed by atoms with Crippen LogP contribution in [0.1, 0.15) is 12.5 Å². The van der Waals surface area contributed by atoms with Crippen LogP contribution in [0, 0.1) is 5.92 Å². The first-order valence-corrected chi connectivity index (χ1v) is 8.80. The Balaban J connectivity index is 2.06. The van der Waals surface area contributed by atoms with E-state index in [4.69, 9.17) is 16.3 Å². The molecule has 2 aromatic rings. The second kappa shape index (κ2) is 9.82. The van der Waals surface area contributed by atoms with Crippen LogP contribution in [0.5, 0.6) is 0 Å². The fourth-order valence-corrected chi connectivity index (χ4v) is 2.65. The Morgan fingerprint density at radius 2 is 1.77 bits per heavy atom. The minimum absolute atomic E-state index is 0.265. The lowest BCUT2D eigenvalue weighted by molar-refractivity contribution is -0.145. The number of ether oxygens (including phenoxy) is 1. The summed E-state index contributed by atoms with van der Waals surface area (Å²) in [6, 6.07) is 16.5. The van der Waals surface area contributed by atoms with Gasteiger partial charge in [-0.05, 0) is 36.2 Å². The lowest BCUT2D eigenvalue weighted by Crippen LogP contribution is -2.41. The van der Waals surface area contributed by atoms with Crippen LogP contribution in [0.3, 0.4) is 0 Å². The second-order valence-corrected chi connectivity index (χ2v) is 6.48. The molecule has 1 unspecified atom stereocenters. The zero-order valence-corrected chi connectivity index (χ0v) is 15.7. The van der Waals surface area contributed by atoms with Crippen molar-refractivity contribution in [1.82, 2.24) is 4.90 Å². The van der Waals surface area contributed by atoms with Crippen molar-refractivity contribution in [2.45, 2.75) is 13.3 Å². The smallest absolute Gasteiger partial charge is 0.321 e. The van der Waals surface area contributed by atoms with Crippen LogP contribution in [0.15, 0.2) is 54.6 Å². The number of halogens is 1. The van der Waals surface area contributed by atoms with Gasteiger partial charge in [-0.15, -0.1) is 0 Å². The number of carbonyl (C=O) groups is 2. The highest BCUT2D eigenvalue weighted by Gasteiger charge is 2.21. The minimum Gasteiger partial charge on any atom is -0.469 e. The number of urea groups is 1. The number of benzene rings is 2. The molecule has 0 heterocycles. The predicted molar refractivity (Wildman–Crippen MR) is 103 cm³/mol. The number of nitrogens with one attached hydrogen (secondary N) is 1. The molecule has 0 aliphatic rings. The first kappa shape index (κ1) is 19.8. The Kier molecular flexibility index (Phi) is 7.48. The zero-order valence-electron chi connectivity index (χ0n) is 14.9. The molecular weight excluding hydrogens is 352 g/mol. The number of hydrogen-bond acceptors (Lipinski definition) is 3. The molecule has 0 aliphatic carbocycles. The first-order chi connectivity index (χ1) is 12.5. The number of anilines is 1. The van der Waals surface area contributed by atoms with E-state index in [0.717, 1.165) is 5.56 Å². The molecule has 0 saturated carbocycles. The molecule has 1 atom stereocenters. The Bertz CT molecular complexity index is 720. The van der Waals surface area contributed by atoms with Crippen LogP contribution < -0.4 is 5.32 Å². The molecule has 2 amide bonds. The fourth-order valence-electron chi connectivity index (χ4n) is 2.53. The van der Waals surface area contributed by atoms with Crippen LogP contribution in [-0.4, -0.2) is 37.1 Å². The van der Waals surface area contributed by atoms with E-state index in [0.29, 0.717) is 23.7 Å². The summed E-state index contributed by atoms with van der Waals surface area (Å²) in [5, 5.41) is 3.44. The van der Waals surface area contributed by atoms with E-state index in [2.05, 4.69) is 5.32 Å². The van der Waals surface area contributed by atoms with Gasteiger partial charge in [0.1, 0.15) is 0 Å². The Morgan fingerprint density at radius 1 is 1.12 bits per heavy atom. The van der Waals surface area contributed by atoms with E-state index in [9.17, 15) is 9.59 Å². The maximum Gasteiger partial charge on any atom is 0.321 e. The highest BCUT2D eigenvalue weighted by molar-refractivity contribution is 6.30. The topological polar surface area (TPSA) is 58.6 Å². The number of amides is 2. The van der Waals surface area contributed by atoms with E-state index in [-0.39, 0.29) is 18.5 Å². The molecule has 0 radical (unpaired) electrons. The van der Waals surface area contributed by atoms with Crippen molar-refractivity contribution in [1.29, 1.82) is 0 Å². The van der Waals surface area contributed by atoms with Crippen molar-refractivity contribution in [3.8, 4) is 0 Å². The SMILES string of the molecule is COC(=O)C(C)CN(CCc1ccccc1)C(=O)Nc1ccc(Cl)cc1. The molecule has 2 rings (SSSR count). The second-order valence-electron chi connectivity index (χ2n) is 6.04. The Labute approximate surface area is 158 Å². The van der Waals surface area contributed by atoms with Gasteiger partial charge in [-0.25, -0.2) is 4.79 Å². The number of hydrogen-bond donors (Lipinski definition) is 1. The van der Waals surface area contributed by atoms with Crippen molar-refractivity contribution < 1.29 is 14.3 Å². The van der Waals surface area contributed by atoms with Crippen molar-refractivity contribution in [2.75, 3.05) is 25.5 Å². The molecule has 0 bridgehead atoms. The third-order valence-corrected chi connectivity index (χ3v) is 4.25. The molecule has 0 spiro atoms. The quantitative estimate of drug-likeness (QED) is 0.738. The fraction of sp³-hybridized carbons (Fsp3) is 0.300. The summed E-state index contributed by atoms with van der Waals surface area (Å²) in [6.45, 7) is 2.51. The number of methoxy groups -OCH3 is 1. The predicted octanol–water partition coefficient (Wildman–Crippen LogP) is 4.23. The molecule has 5 nitrogen and oxygen atoms in total. The van der Waals surface area contributed by atoms with E-state index in [1.54, 1.807) is 36.1 Å². The van der Waals surface area contributed by atoms with Gasteiger partial charge < -0.3 is 15.0 Å². The molecule has 138 valence electrons. The van der Waals surface area contributed by atoms with Gasteiger partial charge in [0.05, 0.1) is 13.0 Å². The molecule has 26 heavy (non-hydrogen) atoms. The molecule has 2 aromatic carbocycles. The third-order valence-electron chi connectivity index (χ3n) is 3.99. The monoisotopic (exact) mass is 374 g/mol. The molecule has 0 fully saturated rings. The maximum absolute atomic E-state index is 12.7. The summed E-state index contributed by atoms with van der Waals surface area (Å²) >= 11 is 5.87. The molecule has 0 aromatic heterocycles. The average Bonchev–Trinajstić information content (AvgIpc) is 2.66. The van der Waals surface area contributed by atoms with Crippen molar-refractivity contribution in [3.05, 3.63) is 65.2 Å². The van der Waals surface area contributed by atoms with Crippen molar-refractivity contribution in [3.63, 3.8) is 0 Å². The molecular formula is C20H23ClN2O3. The summed E-state index contributed by atoms with van der Waals surface area (Å²) in [4.78, 5) is 26.1. The van der Waals surface area contributed by atoms with Crippen molar-refractivity contribution in [2.24, 2.45) is 5.92 Å². The third kappa shape index (κ3) is 6.08. The normalized spacial score (nSPS) is 11.5. The standard InChI is InChI=1S/C20H23ClN2O3/c1-15(19(24)26-2)14-23(13-12-16-6-4-3-5-7-16)20(25)22-18-10-8-17(21)9-11-18/h3-11,15H,12-14H2,1-2H3,(H,22,25). The van der Waals surface area contributed by atoms with Crippen LogP contribution in [-0.2, 0) is 16.0 Å². The number of esters is 1. The Hall–Kier alpha value is -2.53. The molecule has 0 aliphatic heterocycles. The van der Waals surface area contributed by atoms with Crippen molar-refractivity contribution >= 4 is 29.3 Å². The summed E-state index contributed by atoms with van der Waals surface area (Å²) in [5.74, 6) is -0.749. The van der Waals surface area contributed by atoms with Gasteiger partial charge in [0, 0.05) is 23.8 Å². The van der Waals surface area contributed by atoms with E-state index in [1.807, 2.05) is 30.3 Å². The van der Waals surface area contributed by atoms with Crippen LogP contribution >= 0.6 is 11.6 Å². The number of carbonyl (C=O) groups excluding carboxylic acids is 2. The van der Waals surface area contributed by atoms with E-state index < -0.39 is 5.92 Å². The van der Waals surface area contributed by atoms with Gasteiger partial charge in [0.25, 0.3) is 0 Å². The van der Waals surface area contributed by atoms with Gasteiger partial charge in [-0.2, -0.15) is 0 Å². The number of nitrogens with zero attached hydrogens (tertiary/aromatic N) is 1. The highest BCUT2D eigenvalue weighted by atomic mass is 35.5. The van der Waals surface area contributed by atoms with Gasteiger partial charge in [-0.3, -0.25) is 4.79 Å². The average molecular weight is 375 g/mol. The number of rotatable bonds is 7. The van der Waals surface area contributed by atoms with Crippen LogP contribution in [0.4, 0.5) is 10.5 Å². The lowest BCUT2D eigenvalue weighted by Gasteiger charge is -2.25. The molecule has 6 heteroatoms. The summed E-state index contributed by atoms with van der Waals surface area (Å²) in [6.07, 6.45) is 0.697. The van der Waals surface area contributed by atoms with Crippen LogP contribution in [0.2, 0.25) is 5.02 Å². The van der Waals surface area contributed by atoms with Crippen LogP contribution in [0.25, 0.3) is 0 Å². The van der Waals surface area contributed by atoms with E-state index in [1.165, 1.54) is 7.11 Å². The lowest BCUT2D eigenvalue weighted by atomic mass is 10.1. The molecule has 0 saturated heterocycles. The van der Waals surface area contributed by atoms with E-state index >= 15 is 0 Å². The van der Waals surface area contributed by atoms with Gasteiger partial charge in [-0.1, -0.05) is 48.9 Å². The minimum atomic E-state index is -0.410.